The lowest BCUT2D eigenvalue weighted by molar-refractivity contribution is -0.139. The number of nitrogens with zero attached hydrogens (tertiary/aromatic N) is 2. The molecule has 0 aromatic carbocycles. The van der Waals surface area contributed by atoms with Gasteiger partial charge in [0.05, 0.1) is 5.92 Å². The van der Waals surface area contributed by atoms with Crippen molar-refractivity contribution < 1.29 is 9.59 Å². The van der Waals surface area contributed by atoms with Gasteiger partial charge in [0.1, 0.15) is 0 Å². The molecule has 4 nitrogen and oxygen atoms in total. The summed E-state index contributed by atoms with van der Waals surface area (Å²) in [7, 11) is 0. The maximum absolute atomic E-state index is 12.7. The summed E-state index contributed by atoms with van der Waals surface area (Å²) in [5, 5.41) is 0. The van der Waals surface area contributed by atoms with Crippen LogP contribution in [0.5, 0.6) is 0 Å². The van der Waals surface area contributed by atoms with Crippen molar-refractivity contribution in [1.82, 2.24) is 9.80 Å². The van der Waals surface area contributed by atoms with Crippen LogP contribution in [0.2, 0.25) is 0 Å². The van der Waals surface area contributed by atoms with Gasteiger partial charge in [0, 0.05) is 31.6 Å². The molecule has 2 unspecified atom stereocenters. The summed E-state index contributed by atoms with van der Waals surface area (Å²) in [6, 6.07) is 0.757. The smallest absolute Gasteiger partial charge is 0.228 e. The molecule has 0 spiro atoms. The molecule has 4 heteroatoms. The highest BCUT2D eigenvalue weighted by molar-refractivity contribution is 5.89. The molecule has 0 bridgehead atoms. The van der Waals surface area contributed by atoms with Crippen LogP contribution < -0.4 is 0 Å². The minimum atomic E-state index is -0.0834. The Kier molecular flexibility index (Phi) is 4.51. The second-order valence-electron chi connectivity index (χ2n) is 7.12. The standard InChI is InChI=1S/C17H28N2O2/c1-13-7-5-6-10-18(13)17(21)14-11-16(20)19(12-14)15-8-3-2-4-9-15/h13-15H,2-12H2,1H3. The van der Waals surface area contributed by atoms with Crippen LogP contribution in [0.1, 0.15) is 64.7 Å². The molecule has 0 aromatic heterocycles. The number of piperidine rings is 1. The Morgan fingerprint density at radius 3 is 2.48 bits per heavy atom. The quantitative estimate of drug-likeness (QED) is 0.785. The first-order valence-electron chi connectivity index (χ1n) is 8.77. The summed E-state index contributed by atoms with van der Waals surface area (Å²) in [6.45, 7) is 3.70. The average molecular weight is 292 g/mol. The van der Waals surface area contributed by atoms with Crippen LogP contribution in [-0.2, 0) is 9.59 Å². The van der Waals surface area contributed by atoms with Crippen LogP contribution in [0, 0.1) is 5.92 Å². The third-order valence-corrected chi connectivity index (χ3v) is 5.61. The van der Waals surface area contributed by atoms with E-state index in [1.807, 2.05) is 9.80 Å². The van der Waals surface area contributed by atoms with Crippen molar-refractivity contribution >= 4 is 11.8 Å². The van der Waals surface area contributed by atoms with E-state index in [4.69, 9.17) is 0 Å². The van der Waals surface area contributed by atoms with Gasteiger partial charge < -0.3 is 9.80 Å². The van der Waals surface area contributed by atoms with Gasteiger partial charge in [-0.05, 0) is 39.0 Å². The average Bonchev–Trinajstić information content (AvgIpc) is 2.90. The third kappa shape index (κ3) is 3.09. The van der Waals surface area contributed by atoms with Gasteiger partial charge in [0.15, 0.2) is 0 Å². The van der Waals surface area contributed by atoms with Crippen molar-refractivity contribution in [3.8, 4) is 0 Å². The number of hydrogen-bond donors (Lipinski definition) is 0. The van der Waals surface area contributed by atoms with Gasteiger partial charge in [-0.25, -0.2) is 0 Å². The SMILES string of the molecule is CC1CCCCN1C(=O)C1CC(=O)N(C2CCCCC2)C1. The Bertz CT molecular complexity index is 404. The maximum Gasteiger partial charge on any atom is 0.228 e. The first-order valence-corrected chi connectivity index (χ1v) is 8.77. The van der Waals surface area contributed by atoms with Gasteiger partial charge in [-0.3, -0.25) is 9.59 Å². The van der Waals surface area contributed by atoms with Gasteiger partial charge in [-0.1, -0.05) is 19.3 Å². The summed E-state index contributed by atoms with van der Waals surface area (Å²) in [4.78, 5) is 29.1. The lowest BCUT2D eigenvalue weighted by Crippen LogP contribution is -2.46. The minimum absolute atomic E-state index is 0.0834. The first kappa shape index (κ1) is 14.9. The van der Waals surface area contributed by atoms with Gasteiger partial charge in [0.25, 0.3) is 0 Å². The molecule has 0 aromatic rings. The summed E-state index contributed by atoms with van der Waals surface area (Å²) in [6.07, 6.45) is 9.92. The third-order valence-electron chi connectivity index (χ3n) is 5.61. The molecule has 2 amide bonds. The molecule has 3 fully saturated rings. The zero-order valence-corrected chi connectivity index (χ0v) is 13.2. The predicted molar refractivity (Wildman–Crippen MR) is 81.7 cm³/mol. The van der Waals surface area contributed by atoms with E-state index < -0.39 is 0 Å². The van der Waals surface area contributed by atoms with E-state index in [0.29, 0.717) is 25.0 Å². The number of amides is 2. The summed E-state index contributed by atoms with van der Waals surface area (Å²) < 4.78 is 0. The van der Waals surface area contributed by atoms with Crippen LogP contribution in [0.4, 0.5) is 0 Å². The number of carbonyl (C=O) groups is 2. The molecule has 2 heterocycles. The molecule has 0 N–H and O–H groups in total. The predicted octanol–water partition coefficient (Wildman–Crippen LogP) is 2.57. The second-order valence-corrected chi connectivity index (χ2v) is 7.12. The summed E-state index contributed by atoms with van der Waals surface area (Å²) in [5.41, 5.74) is 0. The molecule has 2 aliphatic heterocycles. The fourth-order valence-corrected chi connectivity index (χ4v) is 4.30. The maximum atomic E-state index is 12.7. The normalized spacial score (nSPS) is 31.8. The van der Waals surface area contributed by atoms with E-state index >= 15 is 0 Å². The molecular formula is C17H28N2O2. The number of rotatable bonds is 2. The van der Waals surface area contributed by atoms with Crippen LogP contribution in [-0.4, -0.2) is 46.8 Å². The van der Waals surface area contributed by atoms with E-state index in [0.717, 1.165) is 32.2 Å². The van der Waals surface area contributed by atoms with E-state index in [1.54, 1.807) is 0 Å². The van der Waals surface area contributed by atoms with E-state index in [2.05, 4.69) is 6.92 Å². The van der Waals surface area contributed by atoms with Crippen LogP contribution in [0.3, 0.4) is 0 Å². The highest BCUT2D eigenvalue weighted by Gasteiger charge is 2.40. The lowest BCUT2D eigenvalue weighted by Gasteiger charge is -2.35. The molecular weight excluding hydrogens is 264 g/mol. The molecule has 3 aliphatic rings. The highest BCUT2D eigenvalue weighted by Crippen LogP contribution is 2.30. The fourth-order valence-electron chi connectivity index (χ4n) is 4.30. The van der Waals surface area contributed by atoms with E-state index in [9.17, 15) is 9.59 Å². The van der Waals surface area contributed by atoms with Crippen molar-refractivity contribution in [3.63, 3.8) is 0 Å². The largest absolute Gasteiger partial charge is 0.340 e. The molecule has 3 rings (SSSR count). The van der Waals surface area contributed by atoms with Crippen molar-refractivity contribution in [2.75, 3.05) is 13.1 Å². The molecule has 2 saturated heterocycles. The zero-order valence-electron chi connectivity index (χ0n) is 13.2. The Morgan fingerprint density at radius 1 is 1.05 bits per heavy atom. The van der Waals surface area contributed by atoms with Gasteiger partial charge in [-0.15, -0.1) is 0 Å². The Morgan fingerprint density at radius 2 is 1.76 bits per heavy atom. The van der Waals surface area contributed by atoms with Crippen molar-refractivity contribution in [2.45, 2.75) is 76.8 Å². The monoisotopic (exact) mass is 292 g/mol. The summed E-state index contributed by atoms with van der Waals surface area (Å²) in [5.74, 6) is 0.360. The van der Waals surface area contributed by atoms with Crippen molar-refractivity contribution in [1.29, 1.82) is 0 Å². The lowest BCUT2D eigenvalue weighted by atomic mass is 9.94. The van der Waals surface area contributed by atoms with Gasteiger partial charge >= 0.3 is 0 Å². The number of hydrogen-bond acceptors (Lipinski definition) is 2. The minimum Gasteiger partial charge on any atom is -0.340 e. The first-order chi connectivity index (χ1) is 10.2. The second kappa shape index (κ2) is 6.37. The van der Waals surface area contributed by atoms with Crippen molar-refractivity contribution in [3.05, 3.63) is 0 Å². The number of carbonyl (C=O) groups excluding carboxylic acids is 2. The topological polar surface area (TPSA) is 40.6 Å². The molecule has 0 radical (unpaired) electrons. The van der Waals surface area contributed by atoms with Crippen LogP contribution in [0.25, 0.3) is 0 Å². The molecule has 118 valence electrons. The van der Waals surface area contributed by atoms with Crippen molar-refractivity contribution in [2.24, 2.45) is 5.92 Å². The van der Waals surface area contributed by atoms with Gasteiger partial charge in [-0.2, -0.15) is 0 Å². The summed E-state index contributed by atoms with van der Waals surface area (Å²) >= 11 is 0. The van der Waals surface area contributed by atoms with E-state index in [1.165, 1.54) is 25.7 Å². The Balaban J connectivity index is 1.62. The molecule has 1 aliphatic carbocycles. The van der Waals surface area contributed by atoms with Gasteiger partial charge in [0.2, 0.25) is 11.8 Å². The molecule has 2 atom stereocenters. The van der Waals surface area contributed by atoms with Crippen LogP contribution in [0.15, 0.2) is 0 Å². The molecule has 1 saturated carbocycles. The Hall–Kier alpha value is -1.06. The van der Waals surface area contributed by atoms with Crippen LogP contribution >= 0.6 is 0 Å². The fraction of sp³-hybridized carbons (Fsp3) is 0.882. The number of likely N-dealkylation sites (tertiary alicyclic amines) is 2. The van der Waals surface area contributed by atoms with E-state index in [-0.39, 0.29) is 17.7 Å². The molecule has 21 heavy (non-hydrogen) atoms. The Labute approximate surface area is 127 Å². The zero-order chi connectivity index (χ0) is 14.8. The highest BCUT2D eigenvalue weighted by atomic mass is 16.2.